The fourth-order valence-electron chi connectivity index (χ4n) is 5.46. The maximum Gasteiger partial charge on any atom is 0.135 e. The number of likely N-dealkylation sites (N-methyl/N-ethyl adjacent to an activating group) is 1. The lowest BCUT2D eigenvalue weighted by molar-refractivity contribution is 0.400. The van der Waals surface area contributed by atoms with Crippen molar-refractivity contribution in [1.82, 2.24) is 39.9 Å². The maximum atomic E-state index is 14.7. The van der Waals surface area contributed by atoms with E-state index in [4.69, 9.17) is 4.98 Å². The highest BCUT2D eigenvalue weighted by Gasteiger charge is 2.17. The van der Waals surface area contributed by atoms with Gasteiger partial charge in [-0.05, 0) is 102 Å². The summed E-state index contributed by atoms with van der Waals surface area (Å²) in [6.07, 6.45) is 7.06. The molecule has 0 aliphatic carbocycles. The van der Waals surface area contributed by atoms with E-state index >= 15 is 0 Å². The quantitative estimate of drug-likeness (QED) is 0.162. The number of H-pyrrole nitrogens is 2. The van der Waals surface area contributed by atoms with E-state index in [2.05, 4.69) is 46.8 Å². The molecule has 0 spiro atoms. The number of hydrogen-bond acceptors (Lipinski definition) is 7. The SMILES string of the molecule is C=C(CN(C)C)Nc1cncc(-c2ccc3[nH]nc(-c4cc5c(-c6cc(F)cc(CCCN(C)C)c6)nccc5[nH]4)c3n2)c1. The summed E-state index contributed by atoms with van der Waals surface area (Å²) in [5, 5.41) is 11.9. The Kier molecular flexibility index (Phi) is 8.19. The van der Waals surface area contributed by atoms with Crippen molar-refractivity contribution in [2.75, 3.05) is 46.6 Å². The zero-order valence-electron chi connectivity index (χ0n) is 25.4. The fourth-order valence-corrected chi connectivity index (χ4v) is 5.46. The number of pyridine rings is 3. The second-order valence-electron chi connectivity index (χ2n) is 11.7. The first-order valence-electron chi connectivity index (χ1n) is 14.6. The van der Waals surface area contributed by atoms with Gasteiger partial charge in [0.05, 0.1) is 34.5 Å². The van der Waals surface area contributed by atoms with Gasteiger partial charge in [-0.2, -0.15) is 5.10 Å². The van der Waals surface area contributed by atoms with Crippen LogP contribution in [0, 0.1) is 5.82 Å². The number of fused-ring (bicyclic) bond motifs is 2. The number of nitrogens with one attached hydrogen (secondary N) is 3. The van der Waals surface area contributed by atoms with Gasteiger partial charge in [0.15, 0.2) is 0 Å². The average molecular weight is 590 g/mol. The van der Waals surface area contributed by atoms with Crippen LogP contribution in [0.15, 0.2) is 79.4 Å². The molecule has 0 atom stereocenters. The van der Waals surface area contributed by atoms with Crippen LogP contribution in [0.3, 0.4) is 0 Å². The van der Waals surface area contributed by atoms with Crippen molar-refractivity contribution in [2.45, 2.75) is 12.8 Å². The Morgan fingerprint density at radius 1 is 0.932 bits per heavy atom. The first-order valence-corrected chi connectivity index (χ1v) is 14.6. The number of halogens is 1. The largest absolute Gasteiger partial charge is 0.357 e. The smallest absolute Gasteiger partial charge is 0.135 e. The van der Waals surface area contributed by atoms with Crippen molar-refractivity contribution < 1.29 is 4.39 Å². The van der Waals surface area contributed by atoms with E-state index in [1.165, 1.54) is 0 Å². The van der Waals surface area contributed by atoms with Crippen LogP contribution in [0.4, 0.5) is 10.1 Å². The van der Waals surface area contributed by atoms with E-state index in [0.29, 0.717) is 12.2 Å². The van der Waals surface area contributed by atoms with E-state index in [-0.39, 0.29) is 5.82 Å². The Morgan fingerprint density at radius 2 is 1.80 bits per heavy atom. The molecule has 0 bridgehead atoms. The number of anilines is 1. The van der Waals surface area contributed by atoms with Crippen molar-refractivity contribution in [1.29, 1.82) is 0 Å². The minimum Gasteiger partial charge on any atom is -0.357 e. The molecule has 44 heavy (non-hydrogen) atoms. The van der Waals surface area contributed by atoms with Gasteiger partial charge in [-0.1, -0.05) is 6.58 Å². The summed E-state index contributed by atoms with van der Waals surface area (Å²) in [5.74, 6) is -0.261. The first-order chi connectivity index (χ1) is 21.2. The molecule has 5 aromatic heterocycles. The topological polar surface area (TPSA) is 102 Å². The van der Waals surface area contributed by atoms with Gasteiger partial charge in [-0.25, -0.2) is 9.37 Å². The third-order valence-corrected chi connectivity index (χ3v) is 7.37. The second-order valence-corrected chi connectivity index (χ2v) is 11.7. The molecule has 3 N–H and O–H groups in total. The van der Waals surface area contributed by atoms with Crippen molar-refractivity contribution in [3.05, 3.63) is 90.8 Å². The minimum atomic E-state index is -0.261. The Bertz CT molecular complexity index is 1950. The molecule has 0 saturated carbocycles. The summed E-state index contributed by atoms with van der Waals surface area (Å²) in [6.45, 7) is 5.76. The lowest BCUT2D eigenvalue weighted by Crippen LogP contribution is -2.18. The molecule has 0 fully saturated rings. The highest BCUT2D eigenvalue weighted by atomic mass is 19.1. The van der Waals surface area contributed by atoms with Crippen LogP contribution in [-0.2, 0) is 6.42 Å². The third kappa shape index (κ3) is 6.36. The molecule has 0 amide bonds. The normalized spacial score (nSPS) is 11.7. The third-order valence-electron chi connectivity index (χ3n) is 7.37. The van der Waals surface area contributed by atoms with E-state index in [9.17, 15) is 4.39 Å². The van der Waals surface area contributed by atoms with Crippen LogP contribution in [-0.4, -0.2) is 81.2 Å². The zero-order chi connectivity index (χ0) is 30.8. The van der Waals surface area contributed by atoms with Crippen LogP contribution in [0.25, 0.3) is 55.8 Å². The predicted octanol–water partition coefficient (Wildman–Crippen LogP) is 6.35. The molecule has 9 nitrogen and oxygen atoms in total. The van der Waals surface area contributed by atoms with E-state index in [0.717, 1.165) is 86.5 Å². The van der Waals surface area contributed by atoms with E-state index in [1.807, 2.05) is 64.6 Å². The highest BCUT2D eigenvalue weighted by Crippen LogP contribution is 2.34. The molecule has 5 heterocycles. The number of aryl methyl sites for hydroxylation is 1. The number of hydrogen-bond donors (Lipinski definition) is 3. The van der Waals surface area contributed by atoms with Gasteiger partial charge < -0.3 is 20.1 Å². The molecule has 0 aliphatic heterocycles. The van der Waals surface area contributed by atoms with Crippen LogP contribution in [0.2, 0.25) is 0 Å². The Labute approximate surface area is 255 Å². The van der Waals surface area contributed by atoms with Crippen molar-refractivity contribution in [3.63, 3.8) is 0 Å². The molecule has 0 aliphatic rings. The summed E-state index contributed by atoms with van der Waals surface area (Å²) in [5.41, 5.74) is 9.71. The van der Waals surface area contributed by atoms with Gasteiger partial charge in [0.25, 0.3) is 0 Å². The molecule has 0 radical (unpaired) electrons. The average Bonchev–Trinajstić information content (AvgIpc) is 3.60. The van der Waals surface area contributed by atoms with Gasteiger partial charge in [0, 0.05) is 46.7 Å². The van der Waals surface area contributed by atoms with Gasteiger partial charge in [0.1, 0.15) is 17.0 Å². The summed E-state index contributed by atoms with van der Waals surface area (Å²) in [6, 6.07) is 15.1. The van der Waals surface area contributed by atoms with Gasteiger partial charge in [-0.15, -0.1) is 0 Å². The van der Waals surface area contributed by atoms with Crippen LogP contribution in [0.5, 0.6) is 0 Å². The van der Waals surface area contributed by atoms with Crippen LogP contribution >= 0.6 is 0 Å². The predicted molar refractivity (Wildman–Crippen MR) is 176 cm³/mol. The van der Waals surface area contributed by atoms with E-state index in [1.54, 1.807) is 30.7 Å². The number of aromatic nitrogens is 6. The minimum absolute atomic E-state index is 0.261. The molecule has 0 saturated heterocycles. The van der Waals surface area contributed by atoms with Gasteiger partial charge in [-0.3, -0.25) is 15.1 Å². The molecule has 0 unspecified atom stereocenters. The van der Waals surface area contributed by atoms with Crippen molar-refractivity contribution >= 4 is 27.6 Å². The Balaban J connectivity index is 1.33. The highest BCUT2D eigenvalue weighted by molar-refractivity contribution is 5.99. The lowest BCUT2D eigenvalue weighted by atomic mass is 10.0. The second kappa shape index (κ2) is 12.4. The number of benzene rings is 1. The number of aromatic amines is 2. The summed E-state index contributed by atoms with van der Waals surface area (Å²) in [7, 11) is 8.09. The standard InChI is InChI=1S/C34H36FN9/c1-21(20-44(4)5)38-26-16-24(18-36-19-26)28-8-9-30-33(40-28)34(42-41-30)31-17-27-29(39-31)10-11-37-32(27)23-13-22(14-25(35)15-23)7-6-12-43(2)3/h8-11,13-19,38-39H,1,6-7,12,20H2,2-5H3,(H,41,42). The molecule has 224 valence electrons. The summed E-state index contributed by atoms with van der Waals surface area (Å²) in [4.78, 5) is 21.7. The molecule has 6 rings (SSSR count). The van der Waals surface area contributed by atoms with Gasteiger partial charge >= 0.3 is 0 Å². The Hall–Kier alpha value is -4.93. The molecular formula is C34H36FN9. The zero-order valence-corrected chi connectivity index (χ0v) is 25.4. The molecule has 6 aromatic rings. The Morgan fingerprint density at radius 3 is 2.61 bits per heavy atom. The van der Waals surface area contributed by atoms with Crippen molar-refractivity contribution in [3.8, 4) is 33.9 Å². The number of nitrogens with zero attached hydrogens (tertiary/aromatic N) is 6. The fraction of sp³-hybridized carbons (Fsp3) is 0.235. The molecule has 1 aromatic carbocycles. The van der Waals surface area contributed by atoms with Crippen molar-refractivity contribution in [2.24, 2.45) is 0 Å². The summed E-state index contributed by atoms with van der Waals surface area (Å²) >= 11 is 0. The lowest BCUT2D eigenvalue weighted by Gasteiger charge is -2.14. The first kappa shape index (κ1) is 29.2. The summed E-state index contributed by atoms with van der Waals surface area (Å²) < 4.78 is 14.7. The molecule has 10 heteroatoms. The van der Waals surface area contributed by atoms with Gasteiger partial charge in [0.2, 0.25) is 0 Å². The monoisotopic (exact) mass is 589 g/mol. The maximum absolute atomic E-state index is 14.7. The van der Waals surface area contributed by atoms with Crippen LogP contribution < -0.4 is 5.32 Å². The van der Waals surface area contributed by atoms with E-state index < -0.39 is 0 Å². The molecular weight excluding hydrogens is 553 g/mol. The number of rotatable bonds is 11. The van der Waals surface area contributed by atoms with Crippen LogP contribution in [0.1, 0.15) is 12.0 Å².